The van der Waals surface area contributed by atoms with Gasteiger partial charge < -0.3 is 5.41 Å². The first-order chi connectivity index (χ1) is 11.6. The third-order valence-corrected chi connectivity index (χ3v) is 5.93. The number of sulfone groups is 1. The van der Waals surface area contributed by atoms with Gasteiger partial charge in [0, 0.05) is 6.42 Å². The van der Waals surface area contributed by atoms with Crippen molar-refractivity contribution in [1.82, 2.24) is 0 Å². The van der Waals surface area contributed by atoms with E-state index in [1.807, 2.05) is 0 Å². The molecule has 0 aromatic rings. The van der Waals surface area contributed by atoms with Gasteiger partial charge in [0.2, 0.25) is 9.84 Å². The van der Waals surface area contributed by atoms with E-state index in [9.17, 15) is 26.0 Å². The second-order valence-corrected chi connectivity index (χ2v) is 7.92. The molecule has 0 aromatic carbocycles. The van der Waals surface area contributed by atoms with E-state index in [4.69, 9.17) is 10.7 Å². The molecule has 0 amide bonds. The van der Waals surface area contributed by atoms with Crippen LogP contribution in [0.25, 0.3) is 5.41 Å². The van der Waals surface area contributed by atoms with Crippen LogP contribution in [0.3, 0.4) is 0 Å². The molecule has 0 radical (unpaired) electrons. The second-order valence-electron chi connectivity index (χ2n) is 5.86. The Bertz CT molecular complexity index is 605. The molecule has 0 aliphatic heterocycles. The third-order valence-electron chi connectivity index (χ3n) is 3.92. The highest BCUT2D eigenvalue weighted by molar-refractivity contribution is 7.97. The van der Waals surface area contributed by atoms with Gasteiger partial charge in [0.1, 0.15) is 6.07 Å². The largest absolute Gasteiger partial charge is 0.762 e. The Hall–Kier alpha value is -1.39. The Morgan fingerprint density at radius 3 is 1.76 bits per heavy atom. The number of hydrogen-bond donors (Lipinski definition) is 0. The number of halogens is 4. The van der Waals surface area contributed by atoms with Crippen LogP contribution >= 0.6 is 0 Å². The van der Waals surface area contributed by atoms with E-state index in [1.165, 1.54) is 0 Å². The summed E-state index contributed by atoms with van der Waals surface area (Å²) in [4.78, 5) is -1.76. The van der Waals surface area contributed by atoms with Gasteiger partial charge in [-0.25, -0.2) is 18.7 Å². The lowest BCUT2D eigenvalue weighted by Crippen LogP contribution is -2.48. The summed E-state index contributed by atoms with van der Waals surface area (Å²) < 4.78 is 76.9. The van der Waals surface area contributed by atoms with Crippen LogP contribution in [0.2, 0.25) is 0 Å². The summed E-state index contributed by atoms with van der Waals surface area (Å²) in [6.45, 7) is 2.08. The first-order valence-corrected chi connectivity index (χ1v) is 9.74. The van der Waals surface area contributed by atoms with Crippen molar-refractivity contribution in [2.75, 3.05) is 0 Å². The van der Waals surface area contributed by atoms with Gasteiger partial charge in [-0.1, -0.05) is 58.3 Å². The number of alkyl halides is 4. The fraction of sp³-hybridized carbons (Fsp3) is 0.812. The van der Waals surface area contributed by atoms with Crippen molar-refractivity contribution in [3.63, 3.8) is 0 Å². The van der Waals surface area contributed by atoms with Crippen LogP contribution in [0, 0.1) is 11.3 Å². The van der Waals surface area contributed by atoms with E-state index in [0.29, 0.717) is 6.42 Å². The van der Waals surface area contributed by atoms with E-state index >= 15 is 0 Å². The lowest BCUT2D eigenvalue weighted by atomic mass is 10.1. The van der Waals surface area contributed by atoms with Crippen LogP contribution in [0.5, 0.6) is 0 Å². The zero-order valence-corrected chi connectivity index (χ0v) is 15.0. The monoisotopic (exact) mass is 383 g/mol. The van der Waals surface area contributed by atoms with Gasteiger partial charge in [0.15, 0.2) is 4.91 Å². The Morgan fingerprint density at radius 2 is 1.40 bits per heavy atom. The summed E-state index contributed by atoms with van der Waals surface area (Å²) in [5, 5.41) is 12.4. The number of nitrogens with zero attached hydrogens (tertiary/aromatic N) is 2. The Labute approximate surface area is 146 Å². The van der Waals surface area contributed by atoms with Crippen LogP contribution in [0.1, 0.15) is 71.1 Å². The highest BCUT2D eigenvalue weighted by atomic mass is 32.2. The lowest BCUT2D eigenvalue weighted by Gasteiger charge is -2.27. The molecule has 144 valence electrons. The molecule has 25 heavy (non-hydrogen) atoms. The molecule has 4 nitrogen and oxygen atoms in total. The molecule has 0 rings (SSSR count). The minimum Gasteiger partial charge on any atom is -0.762 e. The molecule has 1 atom stereocenters. The molecule has 0 saturated carbocycles. The molecule has 0 N–H and O–H groups in total. The predicted molar refractivity (Wildman–Crippen MR) is 88.1 cm³/mol. The summed E-state index contributed by atoms with van der Waals surface area (Å²) in [6, 6.07) is 0.832. The lowest BCUT2D eigenvalue weighted by molar-refractivity contribution is -0.199. The predicted octanol–water partition coefficient (Wildman–Crippen LogP) is 5.20. The van der Waals surface area contributed by atoms with Gasteiger partial charge in [0.05, 0.1) is 0 Å². The molecule has 9 heteroatoms. The molecule has 0 bridgehead atoms. The normalized spacial score (nSPS) is 14.4. The number of unbranched alkanes of at least 4 members (excludes halogenated alkanes) is 8. The van der Waals surface area contributed by atoms with Crippen molar-refractivity contribution >= 4 is 15.7 Å². The summed E-state index contributed by atoms with van der Waals surface area (Å²) in [6.07, 6.45) is -0.431. The van der Waals surface area contributed by atoms with E-state index in [2.05, 4.69) is 6.92 Å². The molecular formula is C16H23F4N2O2S-. The number of allylic oxidation sites excluding steroid dienone is 1. The molecule has 1 unspecified atom stereocenters. The van der Waals surface area contributed by atoms with E-state index < -0.39 is 32.3 Å². The molecule has 0 aromatic heterocycles. The smallest absolute Gasteiger partial charge is 0.437 e. The van der Waals surface area contributed by atoms with Gasteiger partial charge in [0.25, 0.3) is 0 Å². The van der Waals surface area contributed by atoms with E-state index in [0.717, 1.165) is 50.5 Å². The number of nitriles is 1. The average Bonchev–Trinajstić information content (AvgIpc) is 2.52. The zero-order valence-electron chi connectivity index (χ0n) is 14.2. The highest BCUT2D eigenvalue weighted by Crippen LogP contribution is 2.44. The first-order valence-electron chi connectivity index (χ1n) is 8.26. The molecule has 0 aliphatic rings. The number of hydrogen-bond acceptors (Lipinski definition) is 3. The quantitative estimate of drug-likeness (QED) is 0.201. The van der Waals surface area contributed by atoms with E-state index in [1.54, 1.807) is 0 Å². The molecule has 0 fully saturated rings. The van der Waals surface area contributed by atoms with Gasteiger partial charge in [-0.3, -0.25) is 0 Å². The SMILES string of the molecule is CCCCCCCCCCCC(F)(C(F)(F)F)S(=O)(=O)C(=C=[N-])C#N. The zero-order chi connectivity index (χ0) is 19.6. The van der Waals surface area contributed by atoms with Crippen molar-refractivity contribution < 1.29 is 26.0 Å². The third kappa shape index (κ3) is 6.44. The second kappa shape index (κ2) is 10.6. The van der Waals surface area contributed by atoms with Gasteiger partial charge >= 0.3 is 11.2 Å². The molecule has 0 saturated heterocycles. The van der Waals surface area contributed by atoms with Crippen molar-refractivity contribution in [2.24, 2.45) is 0 Å². The van der Waals surface area contributed by atoms with Crippen molar-refractivity contribution in [2.45, 2.75) is 82.3 Å². The average molecular weight is 383 g/mol. The maximum atomic E-state index is 14.4. The van der Waals surface area contributed by atoms with Gasteiger partial charge in [-0.05, 0) is 6.42 Å². The molecular weight excluding hydrogens is 360 g/mol. The van der Waals surface area contributed by atoms with Crippen LogP contribution in [0.15, 0.2) is 4.91 Å². The highest BCUT2D eigenvalue weighted by Gasteiger charge is 2.65. The standard InChI is InChI=1S/C16H23F4N2O2S/c1-2-3-4-5-6-7-8-9-10-11-15(17,16(18,19)20)25(23,24)14(12-21)13-22/h2-11H2,1H3/q-1. The summed E-state index contributed by atoms with van der Waals surface area (Å²) in [5.41, 5.74) is 0. The van der Waals surface area contributed by atoms with Crippen LogP contribution < -0.4 is 0 Å². The summed E-state index contributed by atoms with van der Waals surface area (Å²) >= 11 is 0. The molecule has 0 aliphatic carbocycles. The summed E-state index contributed by atoms with van der Waals surface area (Å²) in [7, 11) is -5.73. The fourth-order valence-corrected chi connectivity index (χ4v) is 3.68. The van der Waals surface area contributed by atoms with Crippen LogP contribution in [-0.2, 0) is 9.84 Å². The van der Waals surface area contributed by atoms with Crippen molar-refractivity contribution in [1.29, 1.82) is 5.26 Å². The van der Waals surface area contributed by atoms with E-state index in [-0.39, 0.29) is 12.8 Å². The Morgan fingerprint density at radius 1 is 0.960 bits per heavy atom. The van der Waals surface area contributed by atoms with Gasteiger partial charge in [-0.15, -0.1) is 0 Å². The maximum absolute atomic E-state index is 14.4. The van der Waals surface area contributed by atoms with Crippen LogP contribution in [0.4, 0.5) is 17.6 Å². The molecule has 0 heterocycles. The van der Waals surface area contributed by atoms with Crippen LogP contribution in [-0.4, -0.2) is 25.5 Å². The Kier molecular flexibility index (Phi) is 9.98. The van der Waals surface area contributed by atoms with Crippen molar-refractivity contribution in [3.8, 4) is 6.07 Å². The Balaban J connectivity index is 4.74. The maximum Gasteiger partial charge on any atom is 0.437 e. The fourth-order valence-electron chi connectivity index (χ4n) is 2.40. The molecule has 0 spiro atoms. The summed E-state index contributed by atoms with van der Waals surface area (Å²) in [5.74, 6) is 0.832. The minimum atomic E-state index is -5.73. The number of rotatable bonds is 12. The minimum absolute atomic E-state index is 0.249. The van der Waals surface area contributed by atoms with Gasteiger partial charge in [-0.2, -0.15) is 18.4 Å². The van der Waals surface area contributed by atoms with Crippen molar-refractivity contribution in [3.05, 3.63) is 10.3 Å². The first kappa shape index (κ1) is 23.6. The topological polar surface area (TPSA) is 80.2 Å².